The molecule has 1 aliphatic heterocycles. The number of hydrogen-bond acceptors (Lipinski definition) is 6. The Balaban J connectivity index is 1.92. The monoisotopic (exact) mass is 409 g/mol. The van der Waals surface area contributed by atoms with Crippen LogP contribution in [0.4, 0.5) is 5.82 Å². The first-order valence-electron chi connectivity index (χ1n) is 9.24. The molecular weight excluding hydrogens is 386 g/mol. The first-order chi connectivity index (χ1) is 14.1. The fraction of sp³-hybridized carbons (Fsp3) is 0.273. The Kier molecular flexibility index (Phi) is 5.24. The van der Waals surface area contributed by atoms with Crippen molar-refractivity contribution in [2.75, 3.05) is 21.3 Å². The summed E-state index contributed by atoms with van der Waals surface area (Å²) in [5.41, 5.74) is 4.00. The summed E-state index contributed by atoms with van der Waals surface area (Å²) in [5, 5.41) is 5.75. The number of para-hydroxylation sites is 1. The third kappa shape index (κ3) is 3.35. The summed E-state index contributed by atoms with van der Waals surface area (Å²) in [6.45, 7) is 4.04. The minimum Gasteiger partial charge on any atom is -0.496 e. The number of hydrogen-bond donors (Lipinski definition) is 0. The van der Waals surface area contributed by atoms with Crippen LogP contribution in [0.15, 0.2) is 47.5 Å². The molecule has 0 bridgehead atoms. The number of nitrogens with zero attached hydrogens (tertiary/aromatic N) is 3. The second-order valence-electron chi connectivity index (χ2n) is 6.65. The maximum Gasteiger partial charge on any atom is 0.164 e. The molecule has 0 spiro atoms. The van der Waals surface area contributed by atoms with Crippen LogP contribution in [-0.2, 0) is 0 Å². The molecule has 0 amide bonds. The van der Waals surface area contributed by atoms with Gasteiger partial charge >= 0.3 is 0 Å². The van der Waals surface area contributed by atoms with Crippen LogP contribution in [0.5, 0.6) is 17.2 Å². The van der Waals surface area contributed by atoms with Gasteiger partial charge in [0.05, 0.1) is 43.0 Å². The predicted molar refractivity (Wildman–Crippen MR) is 117 cm³/mol. The number of rotatable bonds is 5. The lowest BCUT2D eigenvalue weighted by atomic mass is 10.0. The number of ether oxygens (including phenoxy) is 3. The van der Waals surface area contributed by atoms with Gasteiger partial charge in [-0.25, -0.2) is 9.67 Å². The average Bonchev–Trinajstić information content (AvgIpc) is 3.08. The summed E-state index contributed by atoms with van der Waals surface area (Å²) < 4.78 is 18.6. The van der Waals surface area contributed by atoms with Crippen molar-refractivity contribution in [3.63, 3.8) is 0 Å². The van der Waals surface area contributed by atoms with Gasteiger partial charge in [-0.3, -0.25) is 0 Å². The van der Waals surface area contributed by atoms with Crippen molar-refractivity contribution < 1.29 is 14.2 Å². The summed E-state index contributed by atoms with van der Waals surface area (Å²) in [7, 11) is 4.93. The van der Waals surface area contributed by atoms with Gasteiger partial charge in [-0.05, 0) is 32.0 Å². The van der Waals surface area contributed by atoms with Crippen LogP contribution in [0, 0.1) is 6.92 Å². The highest BCUT2D eigenvalue weighted by molar-refractivity contribution is 8.14. The molecule has 29 heavy (non-hydrogen) atoms. The lowest BCUT2D eigenvalue weighted by molar-refractivity contribution is 0.347. The smallest absolute Gasteiger partial charge is 0.164 e. The zero-order valence-electron chi connectivity index (χ0n) is 17.1. The molecule has 1 unspecified atom stereocenters. The summed E-state index contributed by atoms with van der Waals surface area (Å²) in [5.74, 6) is 2.90. The highest BCUT2D eigenvalue weighted by Crippen LogP contribution is 2.51. The van der Waals surface area contributed by atoms with Crippen molar-refractivity contribution in [3.8, 4) is 22.9 Å². The summed E-state index contributed by atoms with van der Waals surface area (Å²) >= 11 is 1.69. The summed E-state index contributed by atoms with van der Waals surface area (Å²) in [6, 6.07) is 13.9. The van der Waals surface area contributed by atoms with E-state index in [-0.39, 0.29) is 5.25 Å². The van der Waals surface area contributed by atoms with E-state index in [1.54, 1.807) is 33.1 Å². The maximum absolute atomic E-state index is 5.71. The predicted octanol–water partition coefficient (Wildman–Crippen LogP) is 5.09. The Hall–Kier alpha value is -2.93. The Morgan fingerprint density at radius 3 is 2.21 bits per heavy atom. The second-order valence-corrected chi connectivity index (χ2v) is 7.95. The van der Waals surface area contributed by atoms with Gasteiger partial charge in [-0.15, -0.1) is 0 Å². The molecule has 0 N–H and O–H groups in total. The molecule has 150 valence electrons. The summed E-state index contributed by atoms with van der Waals surface area (Å²) in [6.07, 6.45) is 0. The number of aliphatic imine (C=N–C) groups is 1. The van der Waals surface area contributed by atoms with Crippen LogP contribution >= 0.6 is 11.8 Å². The quantitative estimate of drug-likeness (QED) is 0.587. The summed E-state index contributed by atoms with van der Waals surface area (Å²) in [4.78, 5) is 4.83. The molecule has 7 heteroatoms. The van der Waals surface area contributed by atoms with Crippen molar-refractivity contribution in [1.82, 2.24) is 9.78 Å². The fourth-order valence-corrected chi connectivity index (χ4v) is 4.76. The van der Waals surface area contributed by atoms with Crippen molar-refractivity contribution in [1.29, 1.82) is 0 Å². The van der Waals surface area contributed by atoms with E-state index in [1.807, 2.05) is 61.0 Å². The van der Waals surface area contributed by atoms with E-state index in [1.165, 1.54) is 0 Å². The van der Waals surface area contributed by atoms with Crippen LogP contribution in [0.25, 0.3) is 5.69 Å². The lowest BCUT2D eigenvalue weighted by Gasteiger charge is -2.24. The normalized spacial score (nSPS) is 15.5. The molecule has 1 atom stereocenters. The minimum atomic E-state index is -0.0188. The Morgan fingerprint density at radius 2 is 1.55 bits per heavy atom. The SMILES string of the molecule is COc1cc(OC)c(C2SC(C)=Nc3c2c(C)nn3-c2ccccc2)cc1OC. The number of methoxy groups -OCH3 is 3. The highest BCUT2D eigenvalue weighted by Gasteiger charge is 2.33. The molecule has 0 saturated heterocycles. The molecule has 0 fully saturated rings. The van der Waals surface area contributed by atoms with E-state index in [2.05, 4.69) is 0 Å². The molecule has 4 rings (SSSR count). The minimum absolute atomic E-state index is 0.0188. The topological polar surface area (TPSA) is 57.9 Å². The standard InChI is InChI=1S/C22H23N3O3S/c1-13-20-21(16-11-18(27-4)19(28-5)12-17(16)26-3)29-14(2)23-22(20)25(24-13)15-9-7-6-8-10-15/h6-12,21H,1-5H3. The third-order valence-corrected chi connectivity index (χ3v) is 6.07. The largest absolute Gasteiger partial charge is 0.496 e. The number of aryl methyl sites for hydroxylation is 1. The molecule has 2 aromatic carbocycles. The molecule has 1 aliphatic rings. The number of benzene rings is 2. The van der Waals surface area contributed by atoms with Crippen LogP contribution in [0.1, 0.15) is 29.0 Å². The van der Waals surface area contributed by atoms with Crippen LogP contribution in [0.2, 0.25) is 0 Å². The van der Waals surface area contributed by atoms with E-state index in [9.17, 15) is 0 Å². The molecular formula is C22H23N3O3S. The van der Waals surface area contributed by atoms with Crippen LogP contribution in [-0.4, -0.2) is 36.2 Å². The number of thioether (sulfide) groups is 1. The van der Waals surface area contributed by atoms with E-state index in [0.29, 0.717) is 11.5 Å². The van der Waals surface area contributed by atoms with E-state index >= 15 is 0 Å². The molecule has 1 aromatic heterocycles. The highest BCUT2D eigenvalue weighted by atomic mass is 32.2. The Labute approximate surface area is 174 Å². The second kappa shape index (κ2) is 7.83. The van der Waals surface area contributed by atoms with E-state index in [4.69, 9.17) is 24.3 Å². The average molecular weight is 410 g/mol. The van der Waals surface area contributed by atoms with Crippen molar-refractivity contribution in [3.05, 3.63) is 59.3 Å². The number of aromatic nitrogens is 2. The molecule has 2 heterocycles. The van der Waals surface area contributed by atoms with Gasteiger partial charge in [0, 0.05) is 17.2 Å². The van der Waals surface area contributed by atoms with Gasteiger partial charge in [0.25, 0.3) is 0 Å². The zero-order valence-corrected chi connectivity index (χ0v) is 17.9. The molecule has 6 nitrogen and oxygen atoms in total. The van der Waals surface area contributed by atoms with Gasteiger partial charge in [0.1, 0.15) is 5.75 Å². The van der Waals surface area contributed by atoms with E-state index < -0.39 is 0 Å². The zero-order chi connectivity index (χ0) is 20.5. The Bertz CT molecular complexity index is 1080. The fourth-order valence-electron chi connectivity index (χ4n) is 3.57. The van der Waals surface area contributed by atoms with Gasteiger partial charge < -0.3 is 14.2 Å². The lowest BCUT2D eigenvalue weighted by Crippen LogP contribution is -2.08. The third-order valence-electron chi connectivity index (χ3n) is 4.91. The van der Waals surface area contributed by atoms with Crippen molar-refractivity contribution in [2.45, 2.75) is 19.1 Å². The molecule has 3 aromatic rings. The van der Waals surface area contributed by atoms with Crippen LogP contribution in [0.3, 0.4) is 0 Å². The first kappa shape index (κ1) is 19.4. The van der Waals surface area contributed by atoms with Gasteiger partial charge in [-0.1, -0.05) is 30.0 Å². The maximum atomic E-state index is 5.71. The first-order valence-corrected chi connectivity index (χ1v) is 10.1. The van der Waals surface area contributed by atoms with Crippen molar-refractivity contribution in [2.24, 2.45) is 4.99 Å². The van der Waals surface area contributed by atoms with Gasteiger partial charge in [0.2, 0.25) is 0 Å². The van der Waals surface area contributed by atoms with Gasteiger partial charge in [0.15, 0.2) is 17.3 Å². The van der Waals surface area contributed by atoms with Crippen LogP contribution < -0.4 is 14.2 Å². The molecule has 0 aliphatic carbocycles. The Morgan fingerprint density at radius 1 is 0.897 bits per heavy atom. The van der Waals surface area contributed by atoms with E-state index in [0.717, 1.165) is 39.1 Å². The molecule has 0 saturated carbocycles. The van der Waals surface area contributed by atoms with Crippen molar-refractivity contribution >= 4 is 22.6 Å². The molecule has 0 radical (unpaired) electrons. The van der Waals surface area contributed by atoms with Gasteiger partial charge in [-0.2, -0.15) is 5.10 Å². The number of fused-ring (bicyclic) bond motifs is 1.